The van der Waals surface area contributed by atoms with Gasteiger partial charge in [0.25, 0.3) is 0 Å². The van der Waals surface area contributed by atoms with E-state index in [0.717, 1.165) is 12.8 Å². The van der Waals surface area contributed by atoms with Crippen LogP contribution in [0.4, 0.5) is 0 Å². The van der Waals surface area contributed by atoms with Gasteiger partial charge in [-0.25, -0.2) is 28.8 Å². The van der Waals surface area contributed by atoms with Crippen molar-refractivity contribution < 1.29 is 105 Å². The third-order valence-corrected chi connectivity index (χ3v) is 16.9. The molecule has 6 aromatic carbocycles. The fraction of sp³-hybridized carbons (Fsp3) is 0.405. The summed E-state index contributed by atoms with van der Waals surface area (Å²) in [4.78, 5) is 109. The summed E-state index contributed by atoms with van der Waals surface area (Å²) in [6.45, 7) is 5.05. The Morgan fingerprint density at radius 3 is 1.03 bits per heavy atom. The number of hydrogen-bond donors (Lipinski definition) is 1. The quantitative estimate of drug-likeness (QED) is 0.0249. The first-order chi connectivity index (χ1) is 46.5. The van der Waals surface area contributed by atoms with Crippen LogP contribution in [0.3, 0.4) is 0 Å². The van der Waals surface area contributed by atoms with Gasteiger partial charge >= 0.3 is 47.8 Å². The van der Waals surface area contributed by atoms with Gasteiger partial charge in [0, 0.05) is 37.7 Å². The van der Waals surface area contributed by atoms with Gasteiger partial charge in [0.2, 0.25) is 0 Å². The molecule has 0 saturated carbocycles. The van der Waals surface area contributed by atoms with Gasteiger partial charge in [-0.2, -0.15) is 0 Å². The molecule has 3 aliphatic rings. The Morgan fingerprint density at radius 2 is 0.646 bits per heavy atom. The van der Waals surface area contributed by atoms with Crippen LogP contribution in [-0.2, 0) is 71.2 Å². The second-order valence-corrected chi connectivity index (χ2v) is 23.7. The highest BCUT2D eigenvalue weighted by molar-refractivity contribution is 5.92. The maximum Gasteiger partial charge on any atom is 0.338 e. The molecule has 9 rings (SSSR count). The van der Waals surface area contributed by atoms with E-state index in [1.807, 2.05) is 0 Å². The lowest BCUT2D eigenvalue weighted by Crippen LogP contribution is -2.63. The molecule has 3 aliphatic heterocycles. The molecule has 0 bridgehead atoms. The van der Waals surface area contributed by atoms with Crippen LogP contribution >= 0.6 is 0 Å². The lowest BCUT2D eigenvalue weighted by molar-refractivity contribution is -0.354. The summed E-state index contributed by atoms with van der Waals surface area (Å²) in [7, 11) is 0. The van der Waals surface area contributed by atoms with Crippen molar-refractivity contribution in [3.8, 4) is 0 Å². The highest BCUT2D eigenvalue weighted by Gasteiger charge is 2.56. The molecule has 3 saturated heterocycles. The summed E-state index contributed by atoms with van der Waals surface area (Å²) < 4.78 is 83.9. The Morgan fingerprint density at radius 1 is 0.344 bits per heavy atom. The zero-order valence-corrected chi connectivity index (χ0v) is 53.8. The molecule has 508 valence electrons. The molecule has 22 nitrogen and oxygen atoms in total. The third-order valence-electron chi connectivity index (χ3n) is 16.9. The lowest BCUT2D eigenvalue weighted by Gasteiger charge is -2.49. The number of rotatable bonds is 30. The van der Waals surface area contributed by atoms with Gasteiger partial charge in [-0.3, -0.25) is 9.59 Å². The maximum absolute atomic E-state index is 14.4. The summed E-state index contributed by atoms with van der Waals surface area (Å²) in [6.07, 6.45) is -12.8. The maximum atomic E-state index is 14.4. The van der Waals surface area contributed by atoms with Gasteiger partial charge in [-0.1, -0.05) is 156 Å². The number of aliphatic carboxylic acids is 1. The number of carboxylic acid groups (broad SMARTS) is 1. The van der Waals surface area contributed by atoms with Crippen molar-refractivity contribution in [3.63, 3.8) is 0 Å². The lowest BCUT2D eigenvalue weighted by atomic mass is 9.88. The van der Waals surface area contributed by atoms with Gasteiger partial charge in [0.15, 0.2) is 37.2 Å². The second kappa shape index (κ2) is 35.5. The van der Waals surface area contributed by atoms with Crippen molar-refractivity contribution in [1.82, 2.24) is 0 Å². The first kappa shape index (κ1) is 71.1. The van der Waals surface area contributed by atoms with Gasteiger partial charge in [0.05, 0.1) is 46.1 Å². The van der Waals surface area contributed by atoms with E-state index >= 15 is 0 Å². The molecule has 3 heterocycles. The third kappa shape index (κ3) is 19.7. The molecule has 6 aromatic rings. The Labute approximate surface area is 556 Å². The van der Waals surface area contributed by atoms with Crippen LogP contribution in [-0.4, -0.2) is 153 Å². The van der Waals surface area contributed by atoms with Crippen LogP contribution in [0.15, 0.2) is 182 Å². The number of carbonyl (C=O) groups is 8. The number of esters is 7. The molecule has 0 spiro atoms. The van der Waals surface area contributed by atoms with Crippen molar-refractivity contribution in [2.45, 2.75) is 146 Å². The molecule has 0 radical (unpaired) electrons. The minimum atomic E-state index is -1.72. The molecule has 0 amide bonds. The SMILES string of the molecule is CC(=O)OC1C(OCCCCCCCCC(=O)O)OC(COC2OC(COC(=O)c3ccccc3)C(C)C(OC(=O)c3ccccc3)C2OC(=O)c2ccccc2)C(C)C1OC1OC(COC(=O)c2ccccc2)C(C)C(OC(=O)c2ccccc2)C1OC(=O)c1ccccc1. The van der Waals surface area contributed by atoms with E-state index in [1.54, 1.807) is 191 Å². The van der Waals surface area contributed by atoms with Crippen molar-refractivity contribution in [2.75, 3.05) is 26.4 Å². The molecule has 22 heteroatoms. The van der Waals surface area contributed by atoms with Crippen LogP contribution in [0.1, 0.15) is 135 Å². The van der Waals surface area contributed by atoms with Crippen molar-refractivity contribution in [3.05, 3.63) is 215 Å². The number of carboxylic acids is 1. The minimum Gasteiger partial charge on any atom is -0.481 e. The average molecular weight is 1320 g/mol. The van der Waals surface area contributed by atoms with Crippen molar-refractivity contribution >= 4 is 47.8 Å². The normalized spacial score (nSPS) is 25.4. The Hall–Kier alpha value is -9.16. The zero-order chi connectivity index (χ0) is 67.9. The van der Waals surface area contributed by atoms with Crippen LogP contribution in [0.25, 0.3) is 0 Å². The monoisotopic (exact) mass is 1320 g/mol. The number of carbonyl (C=O) groups excluding carboxylic acids is 7. The first-order valence-corrected chi connectivity index (χ1v) is 32.3. The Bertz CT molecular complexity index is 3470. The largest absolute Gasteiger partial charge is 0.481 e. The number of ether oxygens (including phenoxy) is 13. The van der Waals surface area contributed by atoms with E-state index in [1.165, 1.54) is 19.1 Å². The standard InChI is InChI=1S/C74H80O22/c1-46-56(43-85-66(78)50-29-15-9-16-30-50)90-73(64(94-70(82)54-37-23-13-24-38-54)60(46)92-68(80)52-33-19-11-20-34-52)87-45-58-48(3)62(63(88-49(4)75)72(89-58)84-42-28-8-6-5-7-27-41-59(76)77)96-74-65(95-71(83)55-39-25-14-26-40-55)61(93-69(81)53-35-21-12-22-36-53)47(2)57(91-74)44-86-67(79)51-31-17-10-18-32-51/h9-26,29-40,46-48,56-58,60-65,72-74H,5-8,27-28,41-45H2,1-4H3,(H,76,77). The van der Waals surface area contributed by atoms with Gasteiger partial charge in [-0.15, -0.1) is 0 Å². The van der Waals surface area contributed by atoms with Crippen molar-refractivity contribution in [1.29, 1.82) is 0 Å². The molecular formula is C74H80O22. The number of unbranched alkanes of at least 4 members (excludes halogenated alkanes) is 5. The Kier molecular flexibility index (Phi) is 26.3. The number of benzene rings is 6. The van der Waals surface area contributed by atoms with Gasteiger partial charge < -0.3 is 66.7 Å². The van der Waals surface area contributed by atoms with E-state index in [4.69, 9.17) is 66.7 Å². The van der Waals surface area contributed by atoms with E-state index in [9.17, 15) is 38.4 Å². The predicted molar refractivity (Wildman–Crippen MR) is 342 cm³/mol. The van der Waals surface area contributed by atoms with Crippen LogP contribution in [0, 0.1) is 17.8 Å². The topological polar surface area (TPSA) is 277 Å². The number of hydrogen-bond acceptors (Lipinski definition) is 21. The van der Waals surface area contributed by atoms with E-state index in [2.05, 4.69) is 0 Å². The molecule has 15 unspecified atom stereocenters. The summed E-state index contributed by atoms with van der Waals surface area (Å²) in [5.74, 6) is -8.93. The van der Waals surface area contributed by atoms with Gasteiger partial charge in [0.1, 0.15) is 43.7 Å². The molecule has 96 heavy (non-hydrogen) atoms. The summed E-state index contributed by atoms with van der Waals surface area (Å²) in [6, 6.07) is 49.0. The zero-order valence-electron chi connectivity index (χ0n) is 53.8. The fourth-order valence-corrected chi connectivity index (χ4v) is 11.5. The predicted octanol–water partition coefficient (Wildman–Crippen LogP) is 10.9. The molecule has 0 aromatic heterocycles. The summed E-state index contributed by atoms with van der Waals surface area (Å²) in [5.41, 5.74) is 1.12. The van der Waals surface area contributed by atoms with E-state index in [-0.39, 0.29) is 53.0 Å². The highest BCUT2D eigenvalue weighted by Crippen LogP contribution is 2.40. The van der Waals surface area contributed by atoms with E-state index in [0.29, 0.717) is 25.7 Å². The second-order valence-electron chi connectivity index (χ2n) is 23.7. The molecule has 3 fully saturated rings. The van der Waals surface area contributed by atoms with E-state index < -0.39 is 153 Å². The molecule has 15 atom stereocenters. The summed E-state index contributed by atoms with van der Waals surface area (Å²) in [5, 5.41) is 9.16. The van der Waals surface area contributed by atoms with Crippen LogP contribution < -0.4 is 0 Å². The smallest absolute Gasteiger partial charge is 0.338 e. The fourth-order valence-electron chi connectivity index (χ4n) is 11.5. The van der Waals surface area contributed by atoms with Crippen molar-refractivity contribution in [2.24, 2.45) is 17.8 Å². The first-order valence-electron chi connectivity index (χ1n) is 32.3. The molecule has 0 aliphatic carbocycles. The molecule has 1 N–H and O–H groups in total. The minimum absolute atomic E-state index is 0.0480. The average Bonchev–Trinajstić information content (AvgIpc) is 0.800. The van der Waals surface area contributed by atoms with Crippen LogP contribution in [0.2, 0.25) is 0 Å². The molecular weight excluding hydrogens is 1240 g/mol. The van der Waals surface area contributed by atoms with Crippen LogP contribution in [0.5, 0.6) is 0 Å². The van der Waals surface area contributed by atoms with Gasteiger partial charge in [-0.05, 0) is 85.6 Å². The summed E-state index contributed by atoms with van der Waals surface area (Å²) >= 11 is 0. The Balaban J connectivity index is 1.08. The highest BCUT2D eigenvalue weighted by atomic mass is 16.8.